The van der Waals surface area contributed by atoms with Crippen molar-refractivity contribution in [1.82, 2.24) is 19.8 Å². The molecule has 2 aromatic rings. The van der Waals surface area contributed by atoms with Gasteiger partial charge in [-0.3, -0.25) is 14.7 Å². The molecular weight excluding hydrogens is 434 g/mol. The summed E-state index contributed by atoms with van der Waals surface area (Å²) in [7, 11) is 13.2. The van der Waals surface area contributed by atoms with E-state index in [0.717, 1.165) is 19.1 Å². The van der Waals surface area contributed by atoms with Crippen molar-refractivity contribution in [2.24, 2.45) is 0 Å². The van der Waals surface area contributed by atoms with Crippen LogP contribution in [0.3, 0.4) is 0 Å². The standard InChI is InChI=1S/C26H34B2N6O/c27-26(28)12-17-33(22-10-15-32(16-11-22)21-4-1-2-5-21)18-19-34(26)24-7-3-6-23(31-24)25(35)30-20-8-13-29-14-9-20/h3,6-9,13-14,21-22H,1-2,4-5,10-12,15-19H2,(H,29,30,35). The van der Waals surface area contributed by atoms with E-state index < -0.39 is 5.34 Å². The molecule has 3 fully saturated rings. The Balaban J connectivity index is 1.23. The predicted molar refractivity (Wildman–Crippen MR) is 141 cm³/mol. The summed E-state index contributed by atoms with van der Waals surface area (Å²) in [4.78, 5) is 28.6. The SMILES string of the molecule is [B]C1([B])CCN(C2CCN(C3CCCC3)CC2)CCN1c1cccc(C(=O)Nc2ccncc2)n1. The first kappa shape index (κ1) is 24.3. The largest absolute Gasteiger partial charge is 0.367 e. The molecule has 1 amide bonds. The molecule has 0 spiro atoms. The zero-order valence-electron chi connectivity index (χ0n) is 20.5. The Bertz CT molecular complexity index is 992. The second kappa shape index (κ2) is 10.7. The molecule has 3 aliphatic rings. The van der Waals surface area contributed by atoms with Crippen molar-refractivity contribution in [1.29, 1.82) is 0 Å². The smallest absolute Gasteiger partial charge is 0.274 e. The summed E-state index contributed by atoms with van der Waals surface area (Å²) in [5.74, 6) is 0.360. The highest BCUT2D eigenvalue weighted by Gasteiger charge is 2.35. The topological polar surface area (TPSA) is 64.6 Å². The van der Waals surface area contributed by atoms with Crippen molar-refractivity contribution in [3.05, 3.63) is 48.4 Å². The van der Waals surface area contributed by atoms with Crippen molar-refractivity contribution in [2.75, 3.05) is 42.9 Å². The third-order valence-electron chi connectivity index (χ3n) is 7.95. The summed E-state index contributed by atoms with van der Waals surface area (Å²) < 4.78 is 0. The minimum absolute atomic E-state index is 0.275. The van der Waals surface area contributed by atoms with Crippen LogP contribution in [-0.4, -0.2) is 91.5 Å². The van der Waals surface area contributed by atoms with Crippen molar-refractivity contribution in [3.63, 3.8) is 0 Å². The van der Waals surface area contributed by atoms with Crippen LogP contribution >= 0.6 is 0 Å². The molecule has 35 heavy (non-hydrogen) atoms. The fraction of sp³-hybridized carbons (Fsp3) is 0.577. The number of aromatic nitrogens is 2. The number of nitrogens with zero attached hydrogens (tertiary/aromatic N) is 5. The van der Waals surface area contributed by atoms with Gasteiger partial charge in [0.25, 0.3) is 5.91 Å². The maximum Gasteiger partial charge on any atom is 0.274 e. The number of rotatable bonds is 5. The van der Waals surface area contributed by atoms with Gasteiger partial charge in [-0.25, -0.2) is 4.98 Å². The van der Waals surface area contributed by atoms with E-state index in [1.165, 1.54) is 51.6 Å². The van der Waals surface area contributed by atoms with Gasteiger partial charge in [0, 0.05) is 43.3 Å². The lowest BCUT2D eigenvalue weighted by Crippen LogP contribution is -2.51. The van der Waals surface area contributed by atoms with E-state index in [9.17, 15) is 4.79 Å². The molecule has 0 atom stereocenters. The van der Waals surface area contributed by atoms with E-state index in [0.29, 0.717) is 36.2 Å². The first-order valence-corrected chi connectivity index (χ1v) is 13.0. The molecule has 1 N–H and O–H groups in total. The van der Waals surface area contributed by atoms with E-state index in [1.807, 2.05) is 17.0 Å². The average Bonchev–Trinajstić information content (AvgIpc) is 3.36. The van der Waals surface area contributed by atoms with Crippen LogP contribution < -0.4 is 10.2 Å². The van der Waals surface area contributed by atoms with Gasteiger partial charge in [-0.15, -0.1) is 0 Å². The van der Waals surface area contributed by atoms with Crippen LogP contribution in [0.2, 0.25) is 0 Å². The summed E-state index contributed by atoms with van der Waals surface area (Å²) in [5.41, 5.74) is 1.00. The molecule has 180 valence electrons. The van der Waals surface area contributed by atoms with Gasteiger partial charge < -0.3 is 15.1 Å². The molecule has 2 aromatic heterocycles. The quantitative estimate of drug-likeness (QED) is 0.682. The Morgan fingerprint density at radius 3 is 2.31 bits per heavy atom. The molecule has 5 rings (SSSR count). The van der Waals surface area contributed by atoms with Gasteiger partial charge in [0.2, 0.25) is 0 Å². The highest BCUT2D eigenvalue weighted by Crippen LogP contribution is 2.30. The highest BCUT2D eigenvalue weighted by molar-refractivity contribution is 6.41. The van der Waals surface area contributed by atoms with Gasteiger partial charge in [0.1, 0.15) is 11.5 Å². The van der Waals surface area contributed by atoms with Crippen molar-refractivity contribution < 1.29 is 4.79 Å². The number of piperidine rings is 1. The van der Waals surface area contributed by atoms with Crippen LogP contribution in [0.4, 0.5) is 11.5 Å². The van der Waals surface area contributed by atoms with E-state index >= 15 is 0 Å². The van der Waals surface area contributed by atoms with E-state index in [4.69, 9.17) is 15.7 Å². The molecule has 7 nitrogen and oxygen atoms in total. The minimum atomic E-state index is -1.02. The average molecular weight is 468 g/mol. The maximum atomic E-state index is 12.8. The van der Waals surface area contributed by atoms with Gasteiger partial charge in [-0.05, 0) is 81.3 Å². The van der Waals surface area contributed by atoms with Crippen molar-refractivity contribution in [2.45, 2.75) is 62.4 Å². The molecule has 4 radical (unpaired) electrons. The van der Waals surface area contributed by atoms with E-state index in [-0.39, 0.29) is 5.91 Å². The lowest BCUT2D eigenvalue weighted by Gasteiger charge is -2.40. The molecule has 9 heteroatoms. The molecule has 0 unspecified atom stereocenters. The second-order valence-electron chi connectivity index (χ2n) is 10.2. The number of amides is 1. The lowest BCUT2D eigenvalue weighted by molar-refractivity contribution is 0.0881. The third-order valence-corrected chi connectivity index (χ3v) is 7.95. The Labute approximate surface area is 211 Å². The number of carbonyl (C=O) groups is 1. The van der Waals surface area contributed by atoms with Crippen molar-refractivity contribution in [3.8, 4) is 0 Å². The van der Waals surface area contributed by atoms with Crippen LogP contribution in [0.25, 0.3) is 0 Å². The number of anilines is 2. The number of pyridine rings is 2. The van der Waals surface area contributed by atoms with Crippen LogP contribution in [-0.2, 0) is 0 Å². The summed E-state index contributed by atoms with van der Waals surface area (Å²) >= 11 is 0. The first-order chi connectivity index (χ1) is 17.0. The summed E-state index contributed by atoms with van der Waals surface area (Å²) in [6, 6.07) is 10.3. The van der Waals surface area contributed by atoms with Crippen LogP contribution in [0.5, 0.6) is 0 Å². The molecule has 4 heterocycles. The molecule has 0 aromatic carbocycles. The Morgan fingerprint density at radius 2 is 1.57 bits per heavy atom. The van der Waals surface area contributed by atoms with Gasteiger partial charge in [-0.1, -0.05) is 18.9 Å². The van der Waals surface area contributed by atoms with E-state index in [2.05, 4.69) is 25.1 Å². The molecule has 2 saturated heterocycles. The lowest BCUT2D eigenvalue weighted by atomic mass is 9.59. The number of likely N-dealkylation sites (tertiary alicyclic amines) is 1. The van der Waals surface area contributed by atoms with Gasteiger partial charge >= 0.3 is 0 Å². The monoisotopic (exact) mass is 468 g/mol. The Hall–Kier alpha value is -2.38. The number of nitrogens with one attached hydrogen (secondary N) is 1. The minimum Gasteiger partial charge on any atom is -0.367 e. The Morgan fingerprint density at radius 1 is 0.886 bits per heavy atom. The second-order valence-corrected chi connectivity index (χ2v) is 10.2. The molecule has 1 aliphatic carbocycles. The van der Waals surface area contributed by atoms with Crippen LogP contribution in [0.1, 0.15) is 55.4 Å². The highest BCUT2D eigenvalue weighted by atomic mass is 16.1. The van der Waals surface area contributed by atoms with E-state index in [1.54, 1.807) is 30.6 Å². The zero-order chi connectivity index (χ0) is 24.3. The molecule has 2 aliphatic heterocycles. The summed E-state index contributed by atoms with van der Waals surface area (Å²) in [5, 5.41) is 1.84. The number of carbonyl (C=O) groups excluding carboxylic acids is 1. The third kappa shape index (κ3) is 5.72. The first-order valence-electron chi connectivity index (χ1n) is 13.0. The summed E-state index contributed by atoms with van der Waals surface area (Å²) in [6.07, 6.45) is 11.9. The zero-order valence-corrected chi connectivity index (χ0v) is 20.5. The fourth-order valence-corrected chi connectivity index (χ4v) is 5.92. The predicted octanol–water partition coefficient (Wildman–Crippen LogP) is 2.64. The number of hydrogen-bond acceptors (Lipinski definition) is 6. The fourth-order valence-electron chi connectivity index (χ4n) is 5.92. The summed E-state index contributed by atoms with van der Waals surface area (Å²) in [6.45, 7) is 4.84. The molecular formula is C26H34B2N6O. The molecule has 1 saturated carbocycles. The normalized spacial score (nSPS) is 22.7. The van der Waals surface area contributed by atoms with Gasteiger partial charge in [0.05, 0.1) is 15.7 Å². The van der Waals surface area contributed by atoms with Crippen LogP contribution in [0, 0.1) is 0 Å². The van der Waals surface area contributed by atoms with Gasteiger partial charge in [-0.2, -0.15) is 0 Å². The van der Waals surface area contributed by atoms with Crippen LogP contribution in [0.15, 0.2) is 42.7 Å². The molecule has 0 bridgehead atoms. The van der Waals surface area contributed by atoms with Gasteiger partial charge in [0.15, 0.2) is 0 Å². The Kier molecular flexibility index (Phi) is 7.44. The van der Waals surface area contributed by atoms with Crippen molar-refractivity contribution >= 4 is 33.1 Å². The number of hydrogen-bond donors (Lipinski definition) is 1. The maximum absolute atomic E-state index is 12.8.